The molecule has 10 heteroatoms. The van der Waals surface area contributed by atoms with E-state index in [0.29, 0.717) is 34.3 Å². The molecule has 0 fully saturated rings. The molecule has 3 aromatic heterocycles. The minimum absolute atomic E-state index is 0.0594. The van der Waals surface area contributed by atoms with Crippen molar-refractivity contribution in [3.63, 3.8) is 0 Å². The number of H-pyrrole nitrogens is 2. The summed E-state index contributed by atoms with van der Waals surface area (Å²) >= 11 is 0. The van der Waals surface area contributed by atoms with Crippen LogP contribution in [0.3, 0.4) is 0 Å². The lowest BCUT2D eigenvalue weighted by Gasteiger charge is -2.21. The molecule has 5 rings (SSSR count). The molecule has 4 atom stereocenters. The summed E-state index contributed by atoms with van der Waals surface area (Å²) in [6.07, 6.45) is 7.42. The maximum absolute atomic E-state index is 13.3. The number of hydrogen-bond donors (Lipinski definition) is 3. The third-order valence-corrected chi connectivity index (χ3v) is 12.0. The van der Waals surface area contributed by atoms with Gasteiger partial charge in [-0.05, 0) is 99.1 Å². The Bertz CT molecular complexity index is 1840. The number of aliphatic hydroxyl groups is 1. The van der Waals surface area contributed by atoms with E-state index in [1.165, 1.54) is 17.3 Å². The predicted molar refractivity (Wildman–Crippen MR) is 206 cm³/mol. The number of fused-ring (bicyclic) bond motifs is 8. The average molecular weight is 691 g/mol. The van der Waals surface area contributed by atoms with E-state index in [-0.39, 0.29) is 24.3 Å². The van der Waals surface area contributed by atoms with Crippen LogP contribution >= 0.6 is 17.2 Å². The zero-order valence-electron chi connectivity index (χ0n) is 29.8. The van der Waals surface area contributed by atoms with Crippen LogP contribution in [0.25, 0.3) is 33.7 Å². The van der Waals surface area contributed by atoms with Crippen LogP contribution in [0.5, 0.6) is 0 Å². The molecule has 0 saturated heterocycles. The topological polar surface area (TPSA) is 107 Å². The van der Waals surface area contributed by atoms with Crippen LogP contribution in [-0.4, -0.2) is 68.8 Å². The third-order valence-electron chi connectivity index (χ3n) is 10.2. The molecule has 2 aliphatic rings. The monoisotopic (exact) mass is 690 g/mol. The van der Waals surface area contributed by atoms with Gasteiger partial charge < -0.3 is 24.7 Å². The summed E-state index contributed by atoms with van der Waals surface area (Å²) in [5, 5.41) is 10.4. The van der Waals surface area contributed by atoms with Crippen LogP contribution in [-0.2, 0) is 22.6 Å². The van der Waals surface area contributed by atoms with Gasteiger partial charge >= 0.3 is 0 Å². The van der Waals surface area contributed by atoms with E-state index in [0.717, 1.165) is 93.0 Å². The van der Waals surface area contributed by atoms with Gasteiger partial charge in [0.05, 0.1) is 30.8 Å². The lowest BCUT2D eigenvalue weighted by molar-refractivity contribution is -0.130. The number of nitrogens with zero attached hydrogens (tertiary/aromatic N) is 3. The molecule has 0 saturated carbocycles. The van der Waals surface area contributed by atoms with Crippen LogP contribution in [0, 0.1) is 20.8 Å². The second kappa shape index (κ2) is 16.2. The fourth-order valence-electron chi connectivity index (χ4n) is 7.06. The Kier molecular flexibility index (Phi) is 12.3. The van der Waals surface area contributed by atoms with Crippen molar-refractivity contribution in [1.82, 2.24) is 24.8 Å². The van der Waals surface area contributed by atoms with Crippen molar-refractivity contribution in [2.45, 2.75) is 92.1 Å². The van der Waals surface area contributed by atoms with E-state index >= 15 is 0 Å². The van der Waals surface area contributed by atoms with Crippen molar-refractivity contribution in [3.05, 3.63) is 68.8 Å². The number of nitrogens with one attached hydrogen (secondary N) is 2. The zero-order chi connectivity index (χ0) is 34.5. The quantitative estimate of drug-likeness (QED) is 0.125. The smallest absolute Gasteiger partial charge is 0.222 e. The Morgan fingerprint density at radius 1 is 0.979 bits per heavy atom. The number of allylic oxidation sites excluding steroid dienone is 1. The average Bonchev–Trinajstić information content (AvgIpc) is 3.77. The summed E-state index contributed by atoms with van der Waals surface area (Å²) in [7, 11) is 5.19. The molecule has 0 radical (unpaired) electrons. The van der Waals surface area contributed by atoms with Gasteiger partial charge in [-0.15, -0.1) is 0 Å². The minimum atomic E-state index is -0.0594. The normalized spacial score (nSPS) is 16.2. The van der Waals surface area contributed by atoms with Crippen molar-refractivity contribution in [3.8, 4) is 0 Å². The van der Waals surface area contributed by atoms with Crippen molar-refractivity contribution in [2.24, 2.45) is 0 Å². The highest BCUT2D eigenvalue weighted by atomic mass is 32.0. The van der Waals surface area contributed by atoms with Crippen LogP contribution in [0.2, 0.25) is 0 Å². The molecule has 8 bridgehead atoms. The molecule has 2 aliphatic heterocycles. The Morgan fingerprint density at radius 2 is 1.67 bits per heavy atom. The maximum Gasteiger partial charge on any atom is 0.222 e. The molecular weight excluding hydrogens is 636 g/mol. The van der Waals surface area contributed by atoms with Crippen LogP contribution < -0.4 is 0 Å². The summed E-state index contributed by atoms with van der Waals surface area (Å²) < 4.78 is 5.76. The molecule has 48 heavy (non-hydrogen) atoms. The second-order valence-corrected chi connectivity index (χ2v) is 15.9. The van der Waals surface area contributed by atoms with E-state index in [1.54, 1.807) is 0 Å². The number of amides is 1. The first-order valence-corrected chi connectivity index (χ1v) is 20.9. The summed E-state index contributed by atoms with van der Waals surface area (Å²) in [5.41, 5.74) is 14.3. The molecule has 0 spiro atoms. The van der Waals surface area contributed by atoms with Gasteiger partial charge in [-0.25, -0.2) is 4.98 Å². The number of aromatic amines is 2. The van der Waals surface area contributed by atoms with Crippen molar-refractivity contribution in [1.29, 1.82) is 0 Å². The van der Waals surface area contributed by atoms with Gasteiger partial charge in [-0.2, -0.15) is 0 Å². The number of rotatable bonds is 13. The highest BCUT2D eigenvalue weighted by Gasteiger charge is 2.31. The highest BCUT2D eigenvalue weighted by molar-refractivity contribution is 8.02. The number of aliphatic hydroxyl groups excluding tert-OH is 1. The van der Waals surface area contributed by atoms with Crippen molar-refractivity contribution < 1.29 is 14.6 Å². The Labute approximate surface area is 289 Å². The first kappa shape index (κ1) is 36.4. The van der Waals surface area contributed by atoms with Crippen LogP contribution in [0.15, 0.2) is 18.2 Å². The van der Waals surface area contributed by atoms with Gasteiger partial charge in [0, 0.05) is 101 Å². The van der Waals surface area contributed by atoms with Crippen molar-refractivity contribution in [2.75, 3.05) is 33.0 Å². The van der Waals surface area contributed by atoms with E-state index in [2.05, 4.69) is 84.7 Å². The largest absolute Gasteiger partial charge is 0.392 e. The van der Waals surface area contributed by atoms with E-state index in [9.17, 15) is 9.90 Å². The molecular formula is C38H54N5O3P2+. The summed E-state index contributed by atoms with van der Waals surface area (Å²) in [6.45, 7) is 15.0. The molecule has 0 aliphatic carbocycles. The molecule has 5 heterocycles. The zero-order valence-corrected chi connectivity index (χ0v) is 32.1. The molecule has 3 aromatic rings. The highest BCUT2D eigenvalue weighted by Crippen LogP contribution is 2.42. The number of carbonyl (C=O) groups is 1. The molecule has 1 amide bonds. The van der Waals surface area contributed by atoms with E-state index < -0.39 is 0 Å². The number of hydrogen-bond acceptors (Lipinski definition) is 5. The number of aromatic nitrogens is 4. The van der Waals surface area contributed by atoms with Crippen LogP contribution in [0.4, 0.5) is 0 Å². The van der Waals surface area contributed by atoms with Gasteiger partial charge in [0.15, 0.2) is 0 Å². The summed E-state index contributed by atoms with van der Waals surface area (Å²) in [4.78, 5) is 32.8. The molecule has 3 N–H and O–H groups in total. The molecule has 258 valence electrons. The fourth-order valence-corrected chi connectivity index (χ4v) is 8.17. The lowest BCUT2D eigenvalue weighted by Crippen LogP contribution is -2.28. The lowest BCUT2D eigenvalue weighted by atomic mass is 9.85. The van der Waals surface area contributed by atoms with Gasteiger partial charge in [0.1, 0.15) is 0 Å². The molecule has 0 aromatic carbocycles. The second-order valence-electron chi connectivity index (χ2n) is 13.4. The Balaban J connectivity index is 1.54. The van der Waals surface area contributed by atoms with Gasteiger partial charge in [-0.1, -0.05) is 13.8 Å². The standard InChI is InChI=1S/C38H53N5O3P2/c1-8-27-23(3)33-20-36-29(21-44)25(5)32(41-36)19-34-24(4)28(11-12-37(45)43(7)13-9-14-46-15-10-16-48-47)38(42-34)26(6)31-17-22(2)30(39-31)18-35(27)40-33/h17-20,24,28,40-41,44,48H,8-16,21,47H2,1-7H3/p+1/t24-,28-/m0/s1. The Hall–Kier alpha value is -2.89. The van der Waals surface area contributed by atoms with E-state index in [1.807, 2.05) is 11.9 Å². The van der Waals surface area contributed by atoms with Gasteiger partial charge in [-0.3, -0.25) is 9.78 Å². The summed E-state index contributed by atoms with van der Waals surface area (Å²) in [6, 6.07) is 6.41. The fraction of sp³-hybridized carbons (Fsp3) is 0.500. The number of aryl methyl sites for hydroxylation is 3. The third kappa shape index (κ3) is 7.78. The van der Waals surface area contributed by atoms with Crippen molar-refractivity contribution >= 4 is 56.8 Å². The first-order chi connectivity index (χ1) is 23.1. The Morgan fingerprint density at radius 3 is 2.38 bits per heavy atom. The maximum atomic E-state index is 13.3. The number of carbonyl (C=O) groups excluding carboxylic acids is 1. The van der Waals surface area contributed by atoms with Gasteiger partial charge in [0.2, 0.25) is 5.91 Å². The summed E-state index contributed by atoms with van der Waals surface area (Å²) in [5.74, 6) is 0.338. The SMILES string of the molecule is CCc1c(C)c2cc3[nH]c(cc4nc(c(C)c5nc(cc1[nH]2)C(C)=C5)[C@@H](CCC(=O)N(C)CCCOCCC[PH2+]P)[C@@H]4C)c(C)c3CO. The first-order valence-electron chi connectivity index (χ1n) is 17.4. The predicted octanol–water partition coefficient (Wildman–Crippen LogP) is 7.98. The molecule has 8 nitrogen and oxygen atoms in total. The number of ether oxygens (including phenoxy) is 1. The van der Waals surface area contributed by atoms with E-state index in [4.69, 9.17) is 14.7 Å². The van der Waals surface area contributed by atoms with Gasteiger partial charge in [0.25, 0.3) is 0 Å². The van der Waals surface area contributed by atoms with Crippen LogP contribution in [0.1, 0.15) is 109 Å². The molecule has 2 unspecified atom stereocenters. The minimum Gasteiger partial charge on any atom is -0.392 e.